The van der Waals surface area contributed by atoms with E-state index in [9.17, 15) is 9.59 Å². The van der Waals surface area contributed by atoms with Gasteiger partial charge in [-0.3, -0.25) is 0 Å². The summed E-state index contributed by atoms with van der Waals surface area (Å²) in [6, 6.07) is 15.1. The van der Waals surface area contributed by atoms with E-state index in [1.807, 2.05) is 40.1 Å². The van der Waals surface area contributed by atoms with Crippen LogP contribution in [0.4, 0.5) is 15.3 Å². The van der Waals surface area contributed by atoms with Crippen LogP contribution < -0.4 is 5.32 Å². The fourth-order valence-electron chi connectivity index (χ4n) is 4.06. The van der Waals surface area contributed by atoms with Gasteiger partial charge in [0.1, 0.15) is 0 Å². The number of anilines is 1. The molecule has 30 heavy (non-hydrogen) atoms. The third-order valence-corrected chi connectivity index (χ3v) is 6.27. The molecule has 4 amide bonds. The van der Waals surface area contributed by atoms with E-state index < -0.39 is 0 Å². The van der Waals surface area contributed by atoms with Gasteiger partial charge in [0.05, 0.1) is 10.7 Å². The van der Waals surface area contributed by atoms with E-state index in [4.69, 9.17) is 23.2 Å². The van der Waals surface area contributed by atoms with Crippen molar-refractivity contribution in [3.8, 4) is 0 Å². The van der Waals surface area contributed by atoms with Crippen LogP contribution in [0.1, 0.15) is 18.4 Å². The number of likely N-dealkylation sites (tertiary alicyclic amines) is 1. The van der Waals surface area contributed by atoms with Crippen LogP contribution in [0, 0.1) is 0 Å². The van der Waals surface area contributed by atoms with Crippen molar-refractivity contribution >= 4 is 41.0 Å². The number of hydrogen-bond donors (Lipinski definition) is 1. The Kier molecular flexibility index (Phi) is 6.35. The van der Waals surface area contributed by atoms with Crippen molar-refractivity contribution in [2.24, 2.45) is 0 Å². The highest BCUT2D eigenvalue weighted by atomic mass is 35.5. The normalized spacial score (nSPS) is 17.5. The largest absolute Gasteiger partial charge is 0.324 e. The van der Waals surface area contributed by atoms with Crippen molar-refractivity contribution in [3.63, 3.8) is 0 Å². The van der Waals surface area contributed by atoms with Gasteiger partial charge in [0.15, 0.2) is 0 Å². The van der Waals surface area contributed by atoms with Crippen LogP contribution in [0.15, 0.2) is 48.5 Å². The van der Waals surface area contributed by atoms with Gasteiger partial charge in [0.25, 0.3) is 0 Å². The maximum atomic E-state index is 12.9. The lowest BCUT2D eigenvalue weighted by molar-refractivity contribution is 0.139. The maximum absolute atomic E-state index is 12.9. The smallest absolute Gasteiger partial charge is 0.321 e. The van der Waals surface area contributed by atoms with E-state index in [-0.39, 0.29) is 18.1 Å². The molecule has 4 rings (SSSR count). The first-order chi connectivity index (χ1) is 14.5. The molecule has 0 aliphatic carbocycles. The Morgan fingerprint density at radius 1 is 1.00 bits per heavy atom. The molecule has 1 N–H and O–H groups in total. The Hall–Kier alpha value is -2.44. The Labute approximate surface area is 186 Å². The zero-order valence-corrected chi connectivity index (χ0v) is 18.1. The fourth-order valence-corrected chi connectivity index (χ4v) is 4.40. The molecule has 2 aliphatic rings. The Morgan fingerprint density at radius 2 is 1.73 bits per heavy atom. The van der Waals surface area contributed by atoms with E-state index >= 15 is 0 Å². The van der Waals surface area contributed by atoms with E-state index in [0.717, 1.165) is 31.5 Å². The number of nitrogens with one attached hydrogen (secondary N) is 1. The third-order valence-electron chi connectivity index (χ3n) is 5.71. The van der Waals surface area contributed by atoms with Crippen LogP contribution in [0.5, 0.6) is 0 Å². The molecule has 0 bridgehead atoms. The predicted molar refractivity (Wildman–Crippen MR) is 119 cm³/mol. The molecule has 2 aliphatic heterocycles. The summed E-state index contributed by atoms with van der Waals surface area (Å²) < 4.78 is 0. The summed E-state index contributed by atoms with van der Waals surface area (Å²) in [4.78, 5) is 31.1. The average molecular weight is 447 g/mol. The minimum Gasteiger partial charge on any atom is -0.324 e. The number of carbonyl (C=O) groups is 2. The molecule has 0 saturated carbocycles. The van der Waals surface area contributed by atoms with Crippen molar-refractivity contribution in [2.45, 2.75) is 25.4 Å². The first-order valence-corrected chi connectivity index (χ1v) is 10.9. The van der Waals surface area contributed by atoms with Gasteiger partial charge in [-0.1, -0.05) is 53.5 Å². The van der Waals surface area contributed by atoms with E-state index in [1.54, 1.807) is 23.1 Å². The SMILES string of the molecule is O=C(Nc1cc(Cl)ccc1Cl)N1CCC(N2CCN(Cc3ccccc3)C2=O)CC1. The molecule has 2 fully saturated rings. The molecule has 2 saturated heterocycles. The second kappa shape index (κ2) is 9.14. The van der Waals surface area contributed by atoms with Crippen LogP contribution in [-0.2, 0) is 6.54 Å². The highest BCUT2D eigenvalue weighted by molar-refractivity contribution is 6.35. The summed E-state index contributed by atoms with van der Waals surface area (Å²) >= 11 is 12.1. The molecular weight excluding hydrogens is 423 g/mol. The van der Waals surface area contributed by atoms with E-state index in [0.29, 0.717) is 35.4 Å². The average Bonchev–Trinajstić information content (AvgIpc) is 3.11. The van der Waals surface area contributed by atoms with Crippen molar-refractivity contribution in [3.05, 3.63) is 64.1 Å². The molecule has 8 heteroatoms. The van der Waals surface area contributed by atoms with Gasteiger partial charge in [-0.2, -0.15) is 0 Å². The molecule has 158 valence electrons. The van der Waals surface area contributed by atoms with Gasteiger partial charge >= 0.3 is 12.1 Å². The van der Waals surface area contributed by atoms with Crippen molar-refractivity contribution in [1.82, 2.24) is 14.7 Å². The topological polar surface area (TPSA) is 55.9 Å². The summed E-state index contributed by atoms with van der Waals surface area (Å²) in [5.41, 5.74) is 1.64. The van der Waals surface area contributed by atoms with Crippen LogP contribution in [-0.4, -0.2) is 59.0 Å². The molecule has 0 aromatic heterocycles. The highest BCUT2D eigenvalue weighted by Crippen LogP contribution is 2.27. The number of rotatable bonds is 4. The number of nitrogens with zero attached hydrogens (tertiary/aromatic N) is 3. The Morgan fingerprint density at radius 3 is 2.47 bits per heavy atom. The van der Waals surface area contributed by atoms with E-state index in [1.165, 1.54) is 0 Å². The van der Waals surface area contributed by atoms with Crippen molar-refractivity contribution in [2.75, 3.05) is 31.5 Å². The van der Waals surface area contributed by atoms with Gasteiger partial charge in [0, 0.05) is 43.8 Å². The molecule has 0 unspecified atom stereocenters. The van der Waals surface area contributed by atoms with Gasteiger partial charge < -0.3 is 20.0 Å². The number of amides is 4. The monoisotopic (exact) mass is 446 g/mol. The molecule has 0 atom stereocenters. The van der Waals surface area contributed by atoms with Gasteiger partial charge in [-0.25, -0.2) is 9.59 Å². The minimum absolute atomic E-state index is 0.0902. The second-order valence-corrected chi connectivity index (χ2v) is 8.50. The zero-order chi connectivity index (χ0) is 21.1. The molecule has 2 aromatic carbocycles. The lowest BCUT2D eigenvalue weighted by atomic mass is 10.0. The molecule has 0 radical (unpaired) electrons. The summed E-state index contributed by atoms with van der Waals surface area (Å²) in [6.07, 6.45) is 1.53. The van der Waals surface area contributed by atoms with Crippen molar-refractivity contribution in [1.29, 1.82) is 0 Å². The van der Waals surface area contributed by atoms with Gasteiger partial charge in [-0.15, -0.1) is 0 Å². The predicted octanol–water partition coefficient (Wildman–Crippen LogP) is 4.93. The molecule has 2 heterocycles. The summed E-state index contributed by atoms with van der Waals surface area (Å²) in [7, 11) is 0. The Balaban J connectivity index is 1.29. The first kappa shape index (κ1) is 20.8. The van der Waals surface area contributed by atoms with Crippen molar-refractivity contribution < 1.29 is 9.59 Å². The summed E-state index contributed by atoms with van der Waals surface area (Å²) in [6.45, 7) is 3.30. The van der Waals surface area contributed by atoms with Crippen LogP contribution >= 0.6 is 23.2 Å². The van der Waals surface area contributed by atoms with Gasteiger partial charge in [-0.05, 0) is 36.6 Å². The fraction of sp³-hybridized carbons (Fsp3) is 0.364. The lowest BCUT2D eigenvalue weighted by Gasteiger charge is -2.36. The summed E-state index contributed by atoms with van der Waals surface area (Å²) in [5.74, 6) is 0. The third kappa shape index (κ3) is 4.65. The molecule has 6 nitrogen and oxygen atoms in total. The van der Waals surface area contributed by atoms with Crippen LogP contribution in [0.2, 0.25) is 10.0 Å². The number of benzene rings is 2. The molecular formula is C22H24Cl2N4O2. The second-order valence-electron chi connectivity index (χ2n) is 7.66. The number of carbonyl (C=O) groups excluding carboxylic acids is 2. The minimum atomic E-state index is -0.198. The standard InChI is InChI=1S/C22H24Cl2N4O2/c23-17-6-7-19(24)20(14-17)25-21(29)26-10-8-18(9-11-26)28-13-12-27(22(28)30)15-16-4-2-1-3-5-16/h1-7,14,18H,8-13,15H2,(H,25,29). The van der Waals surface area contributed by atoms with Crippen LogP contribution in [0.3, 0.4) is 0 Å². The first-order valence-electron chi connectivity index (χ1n) is 10.1. The Bertz CT molecular complexity index is 917. The quantitative estimate of drug-likeness (QED) is 0.723. The number of piperidine rings is 1. The molecule has 0 spiro atoms. The number of halogens is 2. The summed E-state index contributed by atoms with van der Waals surface area (Å²) in [5, 5.41) is 3.79. The van der Waals surface area contributed by atoms with E-state index in [2.05, 4.69) is 5.32 Å². The number of urea groups is 2. The van der Waals surface area contributed by atoms with Gasteiger partial charge in [0.2, 0.25) is 0 Å². The maximum Gasteiger partial charge on any atom is 0.321 e. The molecule has 2 aromatic rings. The highest BCUT2D eigenvalue weighted by Gasteiger charge is 2.36. The zero-order valence-electron chi connectivity index (χ0n) is 16.6. The number of hydrogen-bond acceptors (Lipinski definition) is 2. The lowest BCUT2D eigenvalue weighted by Crippen LogP contribution is -2.49. The van der Waals surface area contributed by atoms with Crippen LogP contribution in [0.25, 0.3) is 0 Å².